The molecule has 2 aromatic carbocycles. The maximum absolute atomic E-state index is 13.3. The number of nitrogens with zero attached hydrogens (tertiary/aromatic N) is 3. The number of fused-ring (bicyclic) bond motifs is 1. The van der Waals surface area contributed by atoms with Gasteiger partial charge in [0.15, 0.2) is 5.13 Å². The molecule has 0 spiro atoms. The van der Waals surface area contributed by atoms with Crippen LogP contribution in [0.2, 0.25) is 0 Å². The third-order valence-corrected chi connectivity index (χ3v) is 6.66. The largest absolute Gasteiger partial charge is 0.302 e. The Balaban J connectivity index is 1.89. The molecule has 1 amide bonds. The quantitative estimate of drug-likeness (QED) is 0.440. The second-order valence-electron chi connectivity index (χ2n) is 6.41. The number of carbonyl (C=O) groups is 1. The van der Waals surface area contributed by atoms with E-state index in [0.29, 0.717) is 12.1 Å². The molecule has 0 aliphatic heterocycles. The second-order valence-corrected chi connectivity index (χ2v) is 8.75. The Morgan fingerprint density at radius 2 is 1.71 bits per heavy atom. The highest BCUT2D eigenvalue weighted by atomic mass is 32.2. The van der Waals surface area contributed by atoms with Gasteiger partial charge in [-0.3, -0.25) is 9.69 Å². The summed E-state index contributed by atoms with van der Waals surface area (Å²) in [6.45, 7) is 9.84. The Morgan fingerprint density at radius 3 is 2.36 bits per heavy atom. The first-order valence-electron chi connectivity index (χ1n) is 9.78. The molecule has 0 radical (unpaired) electrons. The molecule has 0 unspecified atom stereocenters. The molecule has 1 aromatic heterocycles. The van der Waals surface area contributed by atoms with Crippen LogP contribution in [-0.4, -0.2) is 47.7 Å². The molecular formula is C22H27N3OS2. The molecule has 3 aromatic rings. The number of likely N-dealkylation sites (N-methyl/N-ethyl adjacent to an activating group) is 1. The van der Waals surface area contributed by atoms with E-state index in [4.69, 9.17) is 4.98 Å². The van der Waals surface area contributed by atoms with Crippen LogP contribution < -0.4 is 4.90 Å². The van der Waals surface area contributed by atoms with Crippen molar-refractivity contribution in [3.8, 4) is 0 Å². The van der Waals surface area contributed by atoms with Gasteiger partial charge in [-0.25, -0.2) is 4.98 Å². The van der Waals surface area contributed by atoms with Crippen LogP contribution in [0.5, 0.6) is 0 Å². The van der Waals surface area contributed by atoms with E-state index >= 15 is 0 Å². The van der Waals surface area contributed by atoms with Gasteiger partial charge in [0.05, 0.1) is 10.2 Å². The van der Waals surface area contributed by atoms with Crippen molar-refractivity contribution in [2.24, 2.45) is 0 Å². The van der Waals surface area contributed by atoms with Crippen LogP contribution in [0.25, 0.3) is 10.2 Å². The number of thiazole rings is 1. The lowest BCUT2D eigenvalue weighted by Gasteiger charge is -2.24. The van der Waals surface area contributed by atoms with E-state index in [2.05, 4.69) is 31.7 Å². The molecule has 148 valence electrons. The lowest BCUT2D eigenvalue weighted by atomic mass is 10.2. The van der Waals surface area contributed by atoms with E-state index in [1.807, 2.05) is 47.4 Å². The third kappa shape index (κ3) is 4.93. The molecule has 0 saturated heterocycles. The Morgan fingerprint density at radius 1 is 1.00 bits per heavy atom. The molecule has 3 rings (SSSR count). The fraction of sp³-hybridized carbons (Fsp3) is 0.364. The molecule has 4 nitrogen and oxygen atoms in total. The van der Waals surface area contributed by atoms with Gasteiger partial charge in [0, 0.05) is 23.5 Å². The summed E-state index contributed by atoms with van der Waals surface area (Å²) in [6, 6.07) is 16.0. The van der Waals surface area contributed by atoms with E-state index in [1.54, 1.807) is 23.1 Å². The topological polar surface area (TPSA) is 36.4 Å². The average molecular weight is 414 g/mol. The second kappa shape index (κ2) is 10.0. The summed E-state index contributed by atoms with van der Waals surface area (Å²) in [5, 5.41) is 0.769. The molecule has 0 aliphatic carbocycles. The Bertz CT molecular complexity index is 871. The van der Waals surface area contributed by atoms with Gasteiger partial charge in [-0.15, -0.1) is 11.8 Å². The number of para-hydroxylation sites is 1. The summed E-state index contributed by atoms with van der Waals surface area (Å²) in [5.74, 6) is 1.04. The van der Waals surface area contributed by atoms with Crippen LogP contribution >= 0.6 is 23.1 Å². The molecule has 0 fully saturated rings. The van der Waals surface area contributed by atoms with Crippen molar-refractivity contribution < 1.29 is 4.79 Å². The number of carbonyl (C=O) groups excluding carboxylic acids is 1. The van der Waals surface area contributed by atoms with Crippen LogP contribution in [0, 0.1) is 0 Å². The summed E-state index contributed by atoms with van der Waals surface area (Å²) in [5.41, 5.74) is 1.65. The fourth-order valence-electron chi connectivity index (χ4n) is 3.06. The summed E-state index contributed by atoms with van der Waals surface area (Å²) >= 11 is 3.36. The molecule has 28 heavy (non-hydrogen) atoms. The predicted molar refractivity (Wildman–Crippen MR) is 122 cm³/mol. The minimum absolute atomic E-state index is 0.0132. The van der Waals surface area contributed by atoms with Crippen LogP contribution in [0.3, 0.4) is 0 Å². The number of anilines is 1. The normalized spacial score (nSPS) is 11.3. The average Bonchev–Trinajstić information content (AvgIpc) is 3.15. The number of rotatable bonds is 9. The van der Waals surface area contributed by atoms with Crippen molar-refractivity contribution in [1.29, 1.82) is 0 Å². The number of amides is 1. The lowest BCUT2D eigenvalue weighted by molar-refractivity contribution is 0.0983. The number of aromatic nitrogens is 1. The molecule has 0 bridgehead atoms. The minimum Gasteiger partial charge on any atom is -0.302 e. The van der Waals surface area contributed by atoms with E-state index in [-0.39, 0.29) is 5.91 Å². The van der Waals surface area contributed by atoms with Gasteiger partial charge in [-0.2, -0.15) is 0 Å². The molecule has 1 heterocycles. The monoisotopic (exact) mass is 413 g/mol. The van der Waals surface area contributed by atoms with Gasteiger partial charge < -0.3 is 4.90 Å². The van der Waals surface area contributed by atoms with Gasteiger partial charge in [-0.05, 0) is 55.2 Å². The van der Waals surface area contributed by atoms with Gasteiger partial charge in [0.1, 0.15) is 0 Å². The number of benzene rings is 2. The Hall–Kier alpha value is -1.89. The van der Waals surface area contributed by atoms with Gasteiger partial charge >= 0.3 is 0 Å². The van der Waals surface area contributed by atoms with Crippen LogP contribution in [0.4, 0.5) is 5.13 Å². The van der Waals surface area contributed by atoms with Crippen molar-refractivity contribution in [3.05, 3.63) is 54.1 Å². The molecule has 0 N–H and O–H groups in total. The van der Waals surface area contributed by atoms with Crippen molar-refractivity contribution in [3.63, 3.8) is 0 Å². The van der Waals surface area contributed by atoms with E-state index in [9.17, 15) is 4.79 Å². The fourth-order valence-corrected chi connectivity index (χ4v) is 4.71. The number of hydrogen-bond acceptors (Lipinski definition) is 5. The van der Waals surface area contributed by atoms with Crippen molar-refractivity contribution in [2.45, 2.75) is 25.7 Å². The molecule has 6 heteroatoms. The van der Waals surface area contributed by atoms with Gasteiger partial charge in [-0.1, -0.05) is 44.2 Å². The first-order chi connectivity index (χ1) is 13.7. The molecular weight excluding hydrogens is 386 g/mol. The number of hydrogen-bond donors (Lipinski definition) is 0. The first-order valence-corrected chi connectivity index (χ1v) is 11.6. The van der Waals surface area contributed by atoms with Crippen LogP contribution in [0.1, 0.15) is 31.1 Å². The highest BCUT2D eigenvalue weighted by molar-refractivity contribution is 7.99. The van der Waals surface area contributed by atoms with Crippen molar-refractivity contribution in [1.82, 2.24) is 9.88 Å². The lowest BCUT2D eigenvalue weighted by Crippen LogP contribution is -2.38. The maximum Gasteiger partial charge on any atom is 0.260 e. The highest BCUT2D eigenvalue weighted by Gasteiger charge is 2.21. The maximum atomic E-state index is 13.3. The Kier molecular flexibility index (Phi) is 7.48. The van der Waals surface area contributed by atoms with Crippen molar-refractivity contribution in [2.75, 3.05) is 36.8 Å². The Labute approximate surface area is 175 Å². The van der Waals surface area contributed by atoms with E-state index < -0.39 is 0 Å². The zero-order chi connectivity index (χ0) is 19.9. The molecule has 0 saturated carbocycles. The zero-order valence-corrected chi connectivity index (χ0v) is 18.4. The standard InChI is InChI=1S/C22H27N3OS2/c1-4-24(5-2)15-16-25(22-23-19-9-7-8-10-20(19)28-22)21(26)17-11-13-18(14-12-17)27-6-3/h7-14H,4-6,15-16H2,1-3H3. The predicted octanol–water partition coefficient (Wildman–Crippen LogP) is 5.40. The SMILES string of the molecule is CCSc1ccc(C(=O)N(CCN(CC)CC)c2nc3ccccc3s2)cc1. The number of thioether (sulfide) groups is 1. The molecule has 0 aliphatic rings. The summed E-state index contributed by atoms with van der Waals surface area (Å²) in [6.07, 6.45) is 0. The smallest absolute Gasteiger partial charge is 0.260 e. The van der Waals surface area contributed by atoms with Crippen molar-refractivity contribution >= 4 is 44.4 Å². The summed E-state index contributed by atoms with van der Waals surface area (Å²) in [4.78, 5) is 23.4. The van der Waals surface area contributed by atoms with E-state index in [0.717, 1.165) is 40.7 Å². The zero-order valence-electron chi connectivity index (χ0n) is 16.7. The first kappa shape index (κ1) is 20.8. The van der Waals surface area contributed by atoms with Gasteiger partial charge in [0.2, 0.25) is 0 Å². The summed E-state index contributed by atoms with van der Waals surface area (Å²) in [7, 11) is 0. The highest BCUT2D eigenvalue weighted by Crippen LogP contribution is 2.30. The van der Waals surface area contributed by atoms with Crippen LogP contribution in [-0.2, 0) is 0 Å². The van der Waals surface area contributed by atoms with E-state index in [1.165, 1.54) is 4.90 Å². The summed E-state index contributed by atoms with van der Waals surface area (Å²) < 4.78 is 1.10. The van der Waals surface area contributed by atoms with Crippen LogP contribution in [0.15, 0.2) is 53.4 Å². The minimum atomic E-state index is 0.0132. The third-order valence-electron chi connectivity index (χ3n) is 4.71. The van der Waals surface area contributed by atoms with Gasteiger partial charge in [0.25, 0.3) is 5.91 Å². The molecule has 0 atom stereocenters.